The highest BCUT2D eigenvalue weighted by Gasteiger charge is 2.22. The lowest BCUT2D eigenvalue weighted by Crippen LogP contribution is -2.08. The minimum absolute atomic E-state index is 0.271. The highest BCUT2D eigenvalue weighted by atomic mass is 19.1. The molecule has 0 spiro atoms. The number of aliphatic hydroxyl groups excluding tert-OH is 1. The Labute approximate surface area is 116 Å². The van der Waals surface area contributed by atoms with E-state index in [1.807, 2.05) is 0 Å². The van der Waals surface area contributed by atoms with E-state index in [4.69, 9.17) is 15.2 Å². The van der Waals surface area contributed by atoms with Gasteiger partial charge in [-0.05, 0) is 30.3 Å². The third-order valence-corrected chi connectivity index (χ3v) is 3.08. The Morgan fingerprint density at radius 1 is 1.10 bits per heavy atom. The van der Waals surface area contributed by atoms with Crippen molar-refractivity contribution in [3.63, 3.8) is 0 Å². The number of hydrogen-bond acceptors (Lipinski definition) is 4. The first-order chi connectivity index (χ1) is 9.58. The standard InChI is InChI=1S/C15H16FNO3/c1-19-12-4-3-5-13(20-2)14(12)15(18)10-8-9(16)6-7-11(10)17/h3-8,15,18H,17H2,1-2H3. The van der Waals surface area contributed by atoms with Crippen molar-refractivity contribution in [3.8, 4) is 11.5 Å². The topological polar surface area (TPSA) is 64.7 Å². The normalized spacial score (nSPS) is 12.0. The first-order valence-electron chi connectivity index (χ1n) is 6.02. The Morgan fingerprint density at radius 3 is 2.25 bits per heavy atom. The predicted molar refractivity (Wildman–Crippen MR) is 74.4 cm³/mol. The summed E-state index contributed by atoms with van der Waals surface area (Å²) in [4.78, 5) is 0. The summed E-state index contributed by atoms with van der Waals surface area (Å²) in [7, 11) is 2.97. The minimum atomic E-state index is -1.14. The zero-order chi connectivity index (χ0) is 14.7. The molecule has 0 saturated heterocycles. The molecule has 0 bridgehead atoms. The van der Waals surface area contributed by atoms with Gasteiger partial charge in [0, 0.05) is 11.3 Å². The second-order valence-corrected chi connectivity index (χ2v) is 4.25. The zero-order valence-corrected chi connectivity index (χ0v) is 11.3. The predicted octanol–water partition coefficient (Wildman–Crippen LogP) is 2.51. The van der Waals surface area contributed by atoms with E-state index in [9.17, 15) is 9.50 Å². The summed E-state index contributed by atoms with van der Waals surface area (Å²) in [6.45, 7) is 0. The van der Waals surface area contributed by atoms with Crippen molar-refractivity contribution in [3.05, 3.63) is 53.3 Å². The van der Waals surface area contributed by atoms with Gasteiger partial charge in [0.1, 0.15) is 23.4 Å². The van der Waals surface area contributed by atoms with Crippen molar-refractivity contribution < 1.29 is 19.0 Å². The molecule has 0 amide bonds. The number of benzene rings is 2. The molecule has 0 radical (unpaired) electrons. The van der Waals surface area contributed by atoms with Crippen LogP contribution in [0.2, 0.25) is 0 Å². The van der Waals surface area contributed by atoms with Gasteiger partial charge in [0.05, 0.1) is 19.8 Å². The Kier molecular flexibility index (Phi) is 4.10. The molecule has 3 N–H and O–H groups in total. The summed E-state index contributed by atoms with van der Waals surface area (Å²) < 4.78 is 23.8. The van der Waals surface area contributed by atoms with Crippen LogP contribution in [0.3, 0.4) is 0 Å². The Balaban J connectivity index is 2.58. The summed E-state index contributed by atoms with van der Waals surface area (Å²) in [5, 5.41) is 10.5. The van der Waals surface area contributed by atoms with Gasteiger partial charge in [-0.1, -0.05) is 6.07 Å². The number of ether oxygens (including phenoxy) is 2. The van der Waals surface area contributed by atoms with Crippen molar-refractivity contribution in [2.24, 2.45) is 0 Å². The number of nitrogen functional groups attached to an aromatic ring is 1. The maximum Gasteiger partial charge on any atom is 0.128 e. The highest BCUT2D eigenvalue weighted by molar-refractivity contribution is 5.56. The molecule has 4 nitrogen and oxygen atoms in total. The molecule has 2 rings (SSSR count). The molecule has 0 heterocycles. The van der Waals surface area contributed by atoms with Crippen LogP contribution in [0.5, 0.6) is 11.5 Å². The number of hydrogen-bond donors (Lipinski definition) is 2. The van der Waals surface area contributed by atoms with E-state index in [-0.39, 0.29) is 5.56 Å². The monoisotopic (exact) mass is 277 g/mol. The first-order valence-corrected chi connectivity index (χ1v) is 6.02. The second kappa shape index (κ2) is 5.79. The van der Waals surface area contributed by atoms with Crippen LogP contribution in [-0.4, -0.2) is 19.3 Å². The molecule has 0 aliphatic rings. The van der Waals surface area contributed by atoms with Crippen LogP contribution >= 0.6 is 0 Å². The fourth-order valence-corrected chi connectivity index (χ4v) is 2.09. The molecule has 0 saturated carbocycles. The maximum atomic E-state index is 13.4. The summed E-state index contributed by atoms with van der Waals surface area (Å²) >= 11 is 0. The average Bonchev–Trinajstić information content (AvgIpc) is 2.48. The quantitative estimate of drug-likeness (QED) is 0.843. The van der Waals surface area contributed by atoms with E-state index in [0.717, 1.165) is 0 Å². The van der Waals surface area contributed by atoms with Gasteiger partial charge in [-0.15, -0.1) is 0 Å². The lowest BCUT2D eigenvalue weighted by atomic mass is 9.98. The Hall–Kier alpha value is -2.27. The van der Waals surface area contributed by atoms with Crippen LogP contribution in [0, 0.1) is 5.82 Å². The lowest BCUT2D eigenvalue weighted by molar-refractivity contribution is 0.209. The molecular formula is C15H16FNO3. The number of halogens is 1. The third kappa shape index (κ3) is 2.53. The van der Waals surface area contributed by atoms with E-state index in [2.05, 4.69) is 0 Å². The molecule has 1 atom stereocenters. The molecule has 0 aromatic heterocycles. The van der Waals surface area contributed by atoms with Crippen molar-refractivity contribution in [2.75, 3.05) is 20.0 Å². The van der Waals surface area contributed by atoms with Crippen LogP contribution in [-0.2, 0) is 0 Å². The molecule has 2 aromatic rings. The van der Waals surface area contributed by atoms with E-state index in [0.29, 0.717) is 22.7 Å². The largest absolute Gasteiger partial charge is 0.496 e. The third-order valence-electron chi connectivity index (χ3n) is 3.08. The van der Waals surface area contributed by atoms with Crippen molar-refractivity contribution >= 4 is 5.69 Å². The van der Waals surface area contributed by atoms with Gasteiger partial charge in [-0.3, -0.25) is 0 Å². The zero-order valence-electron chi connectivity index (χ0n) is 11.3. The summed E-state index contributed by atoms with van der Waals surface area (Å²) in [6, 6.07) is 8.97. The van der Waals surface area contributed by atoms with Crippen molar-refractivity contribution in [2.45, 2.75) is 6.10 Å². The molecule has 0 aliphatic heterocycles. The minimum Gasteiger partial charge on any atom is -0.496 e. The molecule has 20 heavy (non-hydrogen) atoms. The number of nitrogens with two attached hydrogens (primary N) is 1. The number of methoxy groups -OCH3 is 2. The Bertz CT molecular complexity index is 594. The number of anilines is 1. The van der Waals surface area contributed by atoms with Crippen LogP contribution < -0.4 is 15.2 Å². The molecule has 106 valence electrons. The fourth-order valence-electron chi connectivity index (χ4n) is 2.09. The lowest BCUT2D eigenvalue weighted by Gasteiger charge is -2.19. The SMILES string of the molecule is COc1cccc(OC)c1C(O)c1cc(F)ccc1N. The molecule has 0 fully saturated rings. The highest BCUT2D eigenvalue weighted by Crippen LogP contribution is 2.38. The van der Waals surface area contributed by atoms with Crippen LogP contribution in [0.4, 0.5) is 10.1 Å². The van der Waals surface area contributed by atoms with Crippen LogP contribution in [0.15, 0.2) is 36.4 Å². The average molecular weight is 277 g/mol. The van der Waals surface area contributed by atoms with Crippen molar-refractivity contribution in [1.82, 2.24) is 0 Å². The van der Waals surface area contributed by atoms with Gasteiger partial charge in [0.25, 0.3) is 0 Å². The number of rotatable bonds is 4. The maximum absolute atomic E-state index is 13.4. The van der Waals surface area contributed by atoms with E-state index in [1.54, 1.807) is 18.2 Å². The molecule has 0 aliphatic carbocycles. The summed E-state index contributed by atoms with van der Waals surface area (Å²) in [5.74, 6) is 0.420. The number of aliphatic hydroxyl groups is 1. The van der Waals surface area contributed by atoms with Crippen molar-refractivity contribution in [1.29, 1.82) is 0 Å². The molecule has 2 aromatic carbocycles. The summed E-state index contributed by atoms with van der Waals surface area (Å²) in [6.07, 6.45) is -1.14. The van der Waals surface area contributed by atoms with Gasteiger partial charge < -0.3 is 20.3 Å². The van der Waals surface area contributed by atoms with E-state index < -0.39 is 11.9 Å². The molecule has 5 heteroatoms. The smallest absolute Gasteiger partial charge is 0.128 e. The Morgan fingerprint density at radius 2 is 1.70 bits per heavy atom. The van der Waals surface area contributed by atoms with Crippen LogP contribution in [0.1, 0.15) is 17.2 Å². The van der Waals surface area contributed by atoms with Gasteiger partial charge in [0.15, 0.2) is 0 Å². The van der Waals surface area contributed by atoms with Gasteiger partial charge in [-0.25, -0.2) is 4.39 Å². The van der Waals surface area contributed by atoms with Gasteiger partial charge in [0.2, 0.25) is 0 Å². The van der Waals surface area contributed by atoms with Crippen LogP contribution in [0.25, 0.3) is 0 Å². The molecular weight excluding hydrogens is 261 g/mol. The second-order valence-electron chi connectivity index (χ2n) is 4.25. The molecule has 1 unspecified atom stereocenters. The van der Waals surface area contributed by atoms with E-state index >= 15 is 0 Å². The van der Waals surface area contributed by atoms with Gasteiger partial charge >= 0.3 is 0 Å². The fraction of sp³-hybridized carbons (Fsp3) is 0.200. The summed E-state index contributed by atoms with van der Waals surface area (Å²) in [5.41, 5.74) is 6.78. The van der Waals surface area contributed by atoms with Gasteiger partial charge in [-0.2, -0.15) is 0 Å². The van der Waals surface area contributed by atoms with E-state index in [1.165, 1.54) is 32.4 Å². The first kappa shape index (κ1) is 14.1.